The van der Waals surface area contributed by atoms with Crippen molar-refractivity contribution in [1.29, 1.82) is 0 Å². The molecule has 1 aromatic heterocycles. The van der Waals surface area contributed by atoms with E-state index in [4.69, 9.17) is 0 Å². The van der Waals surface area contributed by atoms with Gasteiger partial charge >= 0.3 is 0 Å². The number of aliphatic hydroxyl groups is 1. The molecular weight excluding hydrogens is 272 g/mol. The molecule has 0 aromatic carbocycles. The van der Waals surface area contributed by atoms with Crippen molar-refractivity contribution in [3.63, 3.8) is 0 Å². The molecule has 0 saturated carbocycles. The molecule has 0 radical (unpaired) electrons. The first-order valence-corrected chi connectivity index (χ1v) is 7.07. The number of nitro groups is 1. The van der Waals surface area contributed by atoms with Crippen molar-refractivity contribution in [2.45, 2.75) is 26.4 Å². The van der Waals surface area contributed by atoms with Gasteiger partial charge < -0.3 is 10.0 Å². The quantitative estimate of drug-likeness (QED) is 0.663. The van der Waals surface area contributed by atoms with Gasteiger partial charge in [-0.05, 0) is 20.8 Å². The molecule has 1 N–H and O–H groups in total. The second-order valence-corrected chi connectivity index (χ2v) is 6.16. The highest BCUT2D eigenvalue weighted by Crippen LogP contribution is 2.23. The van der Waals surface area contributed by atoms with Crippen LogP contribution in [0.4, 0.5) is 11.5 Å². The third-order valence-corrected chi connectivity index (χ3v) is 3.56. The lowest BCUT2D eigenvalue weighted by Gasteiger charge is -2.37. The van der Waals surface area contributed by atoms with Gasteiger partial charge in [-0.15, -0.1) is 0 Å². The van der Waals surface area contributed by atoms with Crippen molar-refractivity contribution in [3.8, 4) is 0 Å². The number of pyridine rings is 1. The normalized spacial score (nSPS) is 17.0. The molecule has 1 fully saturated rings. The van der Waals surface area contributed by atoms with Crippen molar-refractivity contribution in [2.24, 2.45) is 0 Å². The fraction of sp³-hybridized carbons (Fsp3) is 0.643. The Labute approximate surface area is 124 Å². The lowest BCUT2D eigenvalue weighted by molar-refractivity contribution is -0.385. The lowest BCUT2D eigenvalue weighted by atomic mass is 10.1. The van der Waals surface area contributed by atoms with Gasteiger partial charge in [-0.2, -0.15) is 0 Å². The SMILES string of the molecule is Cc1cnc(N2CCN(CC(C)(C)O)CC2)cc1[N+](=O)[O-]. The third kappa shape index (κ3) is 4.12. The molecule has 116 valence electrons. The molecule has 1 aromatic rings. The standard InChI is InChI=1S/C14H22N4O3/c1-11-9-15-13(8-12(11)18(20)21)17-6-4-16(5-7-17)10-14(2,3)19/h8-9,19H,4-7,10H2,1-3H3. The highest BCUT2D eigenvalue weighted by atomic mass is 16.6. The maximum absolute atomic E-state index is 11.0. The molecule has 1 aliphatic rings. The molecule has 7 heteroatoms. The molecule has 21 heavy (non-hydrogen) atoms. The van der Waals surface area contributed by atoms with E-state index in [-0.39, 0.29) is 10.6 Å². The summed E-state index contributed by atoms with van der Waals surface area (Å²) >= 11 is 0. The van der Waals surface area contributed by atoms with Crippen molar-refractivity contribution in [1.82, 2.24) is 9.88 Å². The summed E-state index contributed by atoms with van der Waals surface area (Å²) in [5, 5.41) is 20.8. The summed E-state index contributed by atoms with van der Waals surface area (Å²) in [6, 6.07) is 1.54. The van der Waals surface area contributed by atoms with E-state index >= 15 is 0 Å². The average Bonchev–Trinajstić information content (AvgIpc) is 2.38. The van der Waals surface area contributed by atoms with Gasteiger partial charge in [0.1, 0.15) is 5.82 Å². The van der Waals surface area contributed by atoms with Gasteiger partial charge in [0.15, 0.2) is 0 Å². The fourth-order valence-corrected chi connectivity index (χ4v) is 2.55. The Kier molecular flexibility index (Phi) is 4.43. The Balaban J connectivity index is 2.02. The van der Waals surface area contributed by atoms with Gasteiger partial charge in [0.2, 0.25) is 0 Å². The van der Waals surface area contributed by atoms with E-state index < -0.39 is 5.60 Å². The molecule has 0 spiro atoms. The zero-order valence-electron chi connectivity index (χ0n) is 12.7. The summed E-state index contributed by atoms with van der Waals surface area (Å²) in [4.78, 5) is 19.2. The molecule has 1 aliphatic heterocycles. The average molecular weight is 294 g/mol. The monoisotopic (exact) mass is 294 g/mol. The second-order valence-electron chi connectivity index (χ2n) is 6.16. The number of hydrogen-bond acceptors (Lipinski definition) is 6. The smallest absolute Gasteiger partial charge is 0.277 e. The van der Waals surface area contributed by atoms with Crippen LogP contribution in [0.1, 0.15) is 19.4 Å². The highest BCUT2D eigenvalue weighted by Gasteiger charge is 2.24. The Hall–Kier alpha value is -1.73. The second kappa shape index (κ2) is 5.95. The van der Waals surface area contributed by atoms with Crippen LogP contribution >= 0.6 is 0 Å². The van der Waals surface area contributed by atoms with Crippen molar-refractivity contribution < 1.29 is 10.0 Å². The van der Waals surface area contributed by atoms with Crippen LogP contribution in [0.5, 0.6) is 0 Å². The Bertz CT molecular complexity index is 519. The predicted octanol–water partition coefficient (Wildman–Crippen LogP) is 1.19. The fourth-order valence-electron chi connectivity index (χ4n) is 2.55. The van der Waals surface area contributed by atoms with Gasteiger partial charge in [-0.1, -0.05) is 0 Å². The maximum atomic E-state index is 11.0. The molecule has 0 bridgehead atoms. The van der Waals surface area contributed by atoms with E-state index in [0.717, 1.165) is 26.2 Å². The molecular formula is C14H22N4O3. The maximum Gasteiger partial charge on any atom is 0.277 e. The zero-order valence-corrected chi connectivity index (χ0v) is 12.7. The summed E-state index contributed by atoms with van der Waals surface area (Å²) in [6.45, 7) is 9.04. The van der Waals surface area contributed by atoms with Gasteiger partial charge in [0.05, 0.1) is 16.6 Å². The van der Waals surface area contributed by atoms with Crippen LogP contribution in [0, 0.1) is 17.0 Å². The topological polar surface area (TPSA) is 82.7 Å². The highest BCUT2D eigenvalue weighted by molar-refractivity contribution is 5.50. The Morgan fingerprint density at radius 1 is 1.38 bits per heavy atom. The van der Waals surface area contributed by atoms with E-state index in [9.17, 15) is 15.2 Å². The van der Waals surface area contributed by atoms with Crippen molar-refractivity contribution in [3.05, 3.63) is 27.9 Å². The number of aromatic nitrogens is 1. The number of piperazine rings is 1. The number of rotatable bonds is 4. The number of anilines is 1. The number of hydrogen-bond donors (Lipinski definition) is 1. The van der Waals surface area contributed by atoms with Crippen LogP contribution in [0.2, 0.25) is 0 Å². The van der Waals surface area contributed by atoms with Gasteiger partial charge in [-0.3, -0.25) is 15.0 Å². The zero-order chi connectivity index (χ0) is 15.6. The molecule has 1 saturated heterocycles. The summed E-state index contributed by atoms with van der Waals surface area (Å²) in [7, 11) is 0. The third-order valence-electron chi connectivity index (χ3n) is 3.56. The number of nitrogens with zero attached hydrogens (tertiary/aromatic N) is 4. The van der Waals surface area contributed by atoms with Crippen LogP contribution < -0.4 is 4.90 Å². The molecule has 7 nitrogen and oxygen atoms in total. The summed E-state index contributed by atoms with van der Waals surface area (Å²) in [5.41, 5.74) is -0.0216. The predicted molar refractivity (Wildman–Crippen MR) is 80.6 cm³/mol. The molecule has 2 rings (SSSR count). The molecule has 0 atom stereocenters. The first-order chi connectivity index (χ1) is 9.76. The molecule has 2 heterocycles. The number of aryl methyl sites for hydroxylation is 1. The lowest BCUT2D eigenvalue weighted by Crippen LogP contribution is -2.50. The van der Waals surface area contributed by atoms with Gasteiger partial charge in [-0.25, -0.2) is 4.98 Å². The largest absolute Gasteiger partial charge is 0.389 e. The van der Waals surface area contributed by atoms with Crippen molar-refractivity contribution in [2.75, 3.05) is 37.6 Å². The minimum atomic E-state index is -0.705. The van der Waals surface area contributed by atoms with Crippen LogP contribution in [-0.2, 0) is 0 Å². The van der Waals surface area contributed by atoms with Crippen LogP contribution in [0.15, 0.2) is 12.3 Å². The van der Waals surface area contributed by atoms with Gasteiger partial charge in [0.25, 0.3) is 5.69 Å². The summed E-state index contributed by atoms with van der Waals surface area (Å²) in [5.74, 6) is 0.648. The van der Waals surface area contributed by atoms with E-state index in [0.29, 0.717) is 17.9 Å². The molecule has 0 unspecified atom stereocenters. The minimum Gasteiger partial charge on any atom is -0.389 e. The van der Waals surface area contributed by atoms with E-state index in [1.165, 1.54) is 0 Å². The van der Waals surface area contributed by atoms with Crippen LogP contribution in [-0.4, -0.2) is 58.2 Å². The molecule has 0 aliphatic carbocycles. The summed E-state index contributed by atoms with van der Waals surface area (Å²) in [6.07, 6.45) is 1.55. The summed E-state index contributed by atoms with van der Waals surface area (Å²) < 4.78 is 0. The first-order valence-electron chi connectivity index (χ1n) is 7.07. The van der Waals surface area contributed by atoms with Crippen molar-refractivity contribution >= 4 is 11.5 Å². The number of β-amino-alcohol motifs (C(OH)–C–C–N with tert-alkyl or cyclic N) is 1. The van der Waals surface area contributed by atoms with Crippen LogP contribution in [0.25, 0.3) is 0 Å². The van der Waals surface area contributed by atoms with E-state index in [1.807, 2.05) is 4.90 Å². The van der Waals surface area contributed by atoms with E-state index in [2.05, 4.69) is 9.88 Å². The van der Waals surface area contributed by atoms with Gasteiger partial charge in [0, 0.05) is 44.5 Å². The first kappa shape index (κ1) is 15.7. The molecule has 0 amide bonds. The van der Waals surface area contributed by atoms with Crippen LogP contribution in [0.3, 0.4) is 0 Å². The Morgan fingerprint density at radius 2 is 2.00 bits per heavy atom. The minimum absolute atomic E-state index is 0.110. The Morgan fingerprint density at radius 3 is 2.52 bits per heavy atom. The van der Waals surface area contributed by atoms with E-state index in [1.54, 1.807) is 33.0 Å².